The molecule has 4 aliphatic rings. The first-order valence-corrected chi connectivity index (χ1v) is 8.75. The van der Waals surface area contributed by atoms with E-state index in [0.717, 1.165) is 23.7 Å². The maximum absolute atomic E-state index is 2.68. The van der Waals surface area contributed by atoms with Crippen LogP contribution in [0.1, 0.15) is 72.1 Å². The summed E-state index contributed by atoms with van der Waals surface area (Å²) in [5, 5.41) is 0. The van der Waals surface area contributed by atoms with Crippen molar-refractivity contribution >= 4 is 0 Å². The molecule has 106 valence electrons. The molecule has 6 atom stereocenters. The number of fused-ring (bicyclic) bond motifs is 5. The van der Waals surface area contributed by atoms with Crippen LogP contribution in [0.2, 0.25) is 0 Å². The van der Waals surface area contributed by atoms with Gasteiger partial charge in [0.25, 0.3) is 0 Å². The highest BCUT2D eigenvalue weighted by Crippen LogP contribution is 2.66. The van der Waals surface area contributed by atoms with Gasteiger partial charge in [0.2, 0.25) is 0 Å². The largest absolute Gasteiger partial charge is 0.0845 e. The fourth-order valence-electron chi connectivity index (χ4n) is 6.80. The second kappa shape index (κ2) is 3.89. The molecule has 0 aromatic rings. The van der Waals surface area contributed by atoms with E-state index < -0.39 is 0 Å². The van der Waals surface area contributed by atoms with Gasteiger partial charge < -0.3 is 0 Å². The second-order valence-electron chi connectivity index (χ2n) is 8.64. The van der Waals surface area contributed by atoms with Gasteiger partial charge in [-0.25, -0.2) is 0 Å². The van der Waals surface area contributed by atoms with Crippen LogP contribution in [0.5, 0.6) is 0 Å². The summed E-state index contributed by atoms with van der Waals surface area (Å²) in [7, 11) is 0. The van der Waals surface area contributed by atoms with Crippen molar-refractivity contribution in [1.82, 2.24) is 0 Å². The van der Waals surface area contributed by atoms with Crippen LogP contribution in [0.25, 0.3) is 0 Å². The maximum Gasteiger partial charge on any atom is -0.00852 e. The molecule has 0 saturated heterocycles. The Balaban J connectivity index is 1.71. The van der Waals surface area contributed by atoms with Crippen LogP contribution in [0.3, 0.4) is 0 Å². The highest BCUT2D eigenvalue weighted by Gasteiger charge is 2.57. The molecule has 0 radical (unpaired) electrons. The Morgan fingerprint density at radius 2 is 1.89 bits per heavy atom. The average molecular weight is 258 g/mol. The zero-order chi connectivity index (χ0) is 13.3. The molecule has 0 N–H and O–H groups in total. The highest BCUT2D eigenvalue weighted by atomic mass is 14.6. The molecule has 0 bridgehead atoms. The summed E-state index contributed by atoms with van der Waals surface area (Å²) in [4.78, 5) is 0. The summed E-state index contributed by atoms with van der Waals surface area (Å²) in [6.07, 6.45) is 14.5. The van der Waals surface area contributed by atoms with Gasteiger partial charge in [0.15, 0.2) is 0 Å². The van der Waals surface area contributed by atoms with Crippen molar-refractivity contribution in [2.24, 2.45) is 34.5 Å². The smallest absolute Gasteiger partial charge is 0.00852 e. The standard InChI is InChI=1S/C19H30/c1-13-6-9-16-15-8-7-14-5-4-11-19(14,3)17(15)10-12-18(13,16)2/h7,13,15-17H,4-6,8-12H2,1-3H3. The zero-order valence-corrected chi connectivity index (χ0v) is 13.0. The topological polar surface area (TPSA) is 0 Å². The van der Waals surface area contributed by atoms with E-state index in [9.17, 15) is 0 Å². The fourth-order valence-corrected chi connectivity index (χ4v) is 6.80. The second-order valence-corrected chi connectivity index (χ2v) is 8.64. The van der Waals surface area contributed by atoms with Crippen molar-refractivity contribution in [1.29, 1.82) is 0 Å². The van der Waals surface area contributed by atoms with Gasteiger partial charge in [-0.15, -0.1) is 0 Å². The molecule has 19 heavy (non-hydrogen) atoms. The lowest BCUT2D eigenvalue weighted by atomic mass is 9.50. The number of allylic oxidation sites excluding steroid dienone is 2. The van der Waals surface area contributed by atoms with Crippen molar-refractivity contribution in [3.05, 3.63) is 11.6 Å². The van der Waals surface area contributed by atoms with Gasteiger partial charge in [0.05, 0.1) is 0 Å². The number of rotatable bonds is 0. The molecule has 0 amide bonds. The summed E-state index contributed by atoms with van der Waals surface area (Å²) in [6, 6.07) is 0. The van der Waals surface area contributed by atoms with Crippen LogP contribution in [0.4, 0.5) is 0 Å². The minimum Gasteiger partial charge on any atom is -0.0845 e. The average Bonchev–Trinajstić information content (AvgIpc) is 2.90. The van der Waals surface area contributed by atoms with Gasteiger partial charge in [-0.2, -0.15) is 0 Å². The number of hydrogen-bond donors (Lipinski definition) is 0. The molecule has 0 aromatic heterocycles. The van der Waals surface area contributed by atoms with Crippen LogP contribution in [-0.4, -0.2) is 0 Å². The van der Waals surface area contributed by atoms with E-state index in [-0.39, 0.29) is 0 Å². The van der Waals surface area contributed by atoms with Crippen LogP contribution < -0.4 is 0 Å². The SMILES string of the molecule is CC1CCC2C3CC=C4CCCC4(C)C3CCC12C. The molecule has 6 unspecified atom stereocenters. The molecule has 3 saturated carbocycles. The summed E-state index contributed by atoms with van der Waals surface area (Å²) >= 11 is 0. The van der Waals surface area contributed by atoms with Crippen LogP contribution >= 0.6 is 0 Å². The Morgan fingerprint density at radius 3 is 2.74 bits per heavy atom. The predicted octanol–water partition coefficient (Wildman–Crippen LogP) is 5.59. The molecule has 0 spiro atoms. The normalized spacial score (nSPS) is 56.3. The quantitative estimate of drug-likeness (QED) is 0.497. The van der Waals surface area contributed by atoms with Crippen molar-refractivity contribution in [2.75, 3.05) is 0 Å². The summed E-state index contributed by atoms with van der Waals surface area (Å²) in [5.41, 5.74) is 3.14. The van der Waals surface area contributed by atoms with Crippen molar-refractivity contribution in [2.45, 2.75) is 72.1 Å². The minimum atomic E-state index is 0.607. The minimum absolute atomic E-state index is 0.607. The molecule has 0 nitrogen and oxygen atoms in total. The summed E-state index contributed by atoms with van der Waals surface area (Å²) < 4.78 is 0. The molecular formula is C19H30. The predicted molar refractivity (Wildman–Crippen MR) is 80.9 cm³/mol. The van der Waals surface area contributed by atoms with Crippen molar-refractivity contribution < 1.29 is 0 Å². The van der Waals surface area contributed by atoms with Gasteiger partial charge >= 0.3 is 0 Å². The third-order valence-electron chi connectivity index (χ3n) is 8.24. The van der Waals surface area contributed by atoms with Crippen molar-refractivity contribution in [3.8, 4) is 0 Å². The molecule has 0 heterocycles. The van der Waals surface area contributed by atoms with E-state index in [4.69, 9.17) is 0 Å². The lowest BCUT2D eigenvalue weighted by Crippen LogP contribution is -2.47. The van der Waals surface area contributed by atoms with E-state index in [2.05, 4.69) is 26.8 Å². The van der Waals surface area contributed by atoms with Crippen LogP contribution in [0.15, 0.2) is 11.6 Å². The zero-order valence-electron chi connectivity index (χ0n) is 13.0. The van der Waals surface area contributed by atoms with E-state index in [0.29, 0.717) is 10.8 Å². The monoisotopic (exact) mass is 258 g/mol. The Labute approximate surface area is 119 Å². The van der Waals surface area contributed by atoms with Gasteiger partial charge in [-0.05, 0) is 85.9 Å². The van der Waals surface area contributed by atoms with E-state index in [1.165, 1.54) is 51.4 Å². The Kier molecular flexibility index (Phi) is 2.56. The third-order valence-corrected chi connectivity index (χ3v) is 8.24. The Hall–Kier alpha value is -0.260. The molecule has 0 heteroatoms. The van der Waals surface area contributed by atoms with Crippen LogP contribution in [-0.2, 0) is 0 Å². The summed E-state index contributed by atoms with van der Waals surface area (Å²) in [6.45, 7) is 7.77. The maximum atomic E-state index is 2.68. The molecular weight excluding hydrogens is 228 g/mol. The third kappa shape index (κ3) is 1.47. The first-order valence-electron chi connectivity index (χ1n) is 8.75. The molecule has 0 aliphatic heterocycles. The molecule has 0 aromatic carbocycles. The van der Waals surface area contributed by atoms with Crippen LogP contribution in [0, 0.1) is 34.5 Å². The van der Waals surface area contributed by atoms with Gasteiger partial charge in [0, 0.05) is 0 Å². The fraction of sp³-hybridized carbons (Fsp3) is 0.895. The van der Waals surface area contributed by atoms with E-state index in [1.807, 2.05) is 5.57 Å². The van der Waals surface area contributed by atoms with Gasteiger partial charge in [-0.1, -0.05) is 32.4 Å². The molecule has 4 aliphatic carbocycles. The van der Waals surface area contributed by atoms with E-state index >= 15 is 0 Å². The lowest BCUT2D eigenvalue weighted by Gasteiger charge is -2.55. The summed E-state index contributed by atoms with van der Waals surface area (Å²) in [5.74, 6) is 4.06. The number of hydrogen-bond acceptors (Lipinski definition) is 0. The van der Waals surface area contributed by atoms with Crippen molar-refractivity contribution in [3.63, 3.8) is 0 Å². The highest BCUT2D eigenvalue weighted by molar-refractivity contribution is 5.25. The first-order chi connectivity index (χ1) is 9.06. The van der Waals surface area contributed by atoms with Gasteiger partial charge in [-0.3, -0.25) is 0 Å². The molecule has 4 rings (SSSR count). The molecule has 3 fully saturated rings. The Bertz CT molecular complexity index is 420. The Morgan fingerprint density at radius 1 is 1.05 bits per heavy atom. The van der Waals surface area contributed by atoms with Gasteiger partial charge in [0.1, 0.15) is 0 Å². The van der Waals surface area contributed by atoms with E-state index in [1.54, 1.807) is 0 Å². The first kappa shape index (κ1) is 12.5. The lowest BCUT2D eigenvalue weighted by molar-refractivity contribution is -0.0285.